The average molecular weight is 416 g/mol. The van der Waals surface area contributed by atoms with Gasteiger partial charge in [0.1, 0.15) is 23.0 Å². The summed E-state index contributed by atoms with van der Waals surface area (Å²) >= 11 is 0. The maximum atomic E-state index is 5.52. The van der Waals surface area contributed by atoms with Gasteiger partial charge in [0, 0.05) is 68.5 Å². The van der Waals surface area contributed by atoms with E-state index in [1.807, 2.05) is 29.1 Å². The molecule has 5 heterocycles. The van der Waals surface area contributed by atoms with Crippen molar-refractivity contribution in [2.75, 3.05) is 38.3 Å². The van der Waals surface area contributed by atoms with E-state index >= 15 is 0 Å². The molecule has 1 aliphatic heterocycles. The predicted molar refractivity (Wildman–Crippen MR) is 117 cm³/mol. The lowest BCUT2D eigenvalue weighted by Gasteiger charge is -2.28. The third-order valence-electron chi connectivity index (χ3n) is 5.42. The fourth-order valence-corrected chi connectivity index (χ4v) is 3.85. The molecule has 0 radical (unpaired) electrons. The molecule has 8 nitrogen and oxygen atoms in total. The number of imidazole rings is 1. The summed E-state index contributed by atoms with van der Waals surface area (Å²) < 4.78 is 13.0. The second-order valence-corrected chi connectivity index (χ2v) is 7.50. The van der Waals surface area contributed by atoms with Crippen LogP contribution in [0.3, 0.4) is 0 Å². The fraction of sp³-hybridized carbons (Fsp3) is 0.304. The summed E-state index contributed by atoms with van der Waals surface area (Å²) in [4.78, 5) is 20.6. The SMILES string of the molecule is COc1ccncc1Cc1nc(Cc2ccn3ccnc3c2)cc(N2CCOCC2)n1. The first-order valence-electron chi connectivity index (χ1n) is 10.4. The van der Waals surface area contributed by atoms with Crippen molar-refractivity contribution in [3.63, 3.8) is 0 Å². The maximum absolute atomic E-state index is 5.52. The molecule has 31 heavy (non-hydrogen) atoms. The van der Waals surface area contributed by atoms with Gasteiger partial charge in [0.25, 0.3) is 0 Å². The van der Waals surface area contributed by atoms with Crippen LogP contribution in [0.4, 0.5) is 5.82 Å². The third kappa shape index (κ3) is 4.34. The molecular weight excluding hydrogens is 392 g/mol. The molecule has 0 aromatic carbocycles. The molecule has 0 aliphatic carbocycles. The van der Waals surface area contributed by atoms with Gasteiger partial charge in [-0.3, -0.25) is 4.98 Å². The first-order chi connectivity index (χ1) is 15.3. The van der Waals surface area contributed by atoms with Crippen molar-refractivity contribution < 1.29 is 9.47 Å². The molecule has 8 heteroatoms. The lowest BCUT2D eigenvalue weighted by atomic mass is 10.1. The van der Waals surface area contributed by atoms with E-state index in [-0.39, 0.29) is 0 Å². The number of anilines is 1. The van der Waals surface area contributed by atoms with Gasteiger partial charge in [0.15, 0.2) is 0 Å². The van der Waals surface area contributed by atoms with Crippen molar-refractivity contribution in [2.45, 2.75) is 12.8 Å². The monoisotopic (exact) mass is 416 g/mol. The normalized spacial score (nSPS) is 14.2. The van der Waals surface area contributed by atoms with Crippen LogP contribution in [0, 0.1) is 0 Å². The summed E-state index contributed by atoms with van der Waals surface area (Å²) in [5, 5.41) is 0. The highest BCUT2D eigenvalue weighted by atomic mass is 16.5. The second kappa shape index (κ2) is 8.69. The number of pyridine rings is 2. The summed E-state index contributed by atoms with van der Waals surface area (Å²) in [6.45, 7) is 3.07. The van der Waals surface area contributed by atoms with Crippen LogP contribution < -0.4 is 9.64 Å². The van der Waals surface area contributed by atoms with Gasteiger partial charge in [-0.15, -0.1) is 0 Å². The molecule has 0 saturated carbocycles. The van der Waals surface area contributed by atoms with Crippen LogP contribution in [0.1, 0.15) is 22.6 Å². The molecule has 1 saturated heterocycles. The smallest absolute Gasteiger partial charge is 0.136 e. The van der Waals surface area contributed by atoms with Crippen LogP contribution in [0.25, 0.3) is 5.65 Å². The quantitative estimate of drug-likeness (QED) is 0.478. The maximum Gasteiger partial charge on any atom is 0.136 e. The molecule has 1 aliphatic rings. The Hall–Kier alpha value is -3.52. The Labute approximate surface area is 180 Å². The van der Waals surface area contributed by atoms with E-state index in [4.69, 9.17) is 19.4 Å². The predicted octanol–water partition coefficient (Wildman–Crippen LogP) is 2.55. The van der Waals surface area contributed by atoms with Gasteiger partial charge in [0.2, 0.25) is 0 Å². The number of hydrogen-bond donors (Lipinski definition) is 0. The van der Waals surface area contributed by atoms with Gasteiger partial charge in [-0.1, -0.05) is 0 Å². The minimum atomic E-state index is 0.557. The largest absolute Gasteiger partial charge is 0.496 e. The highest BCUT2D eigenvalue weighted by molar-refractivity contribution is 5.45. The van der Waals surface area contributed by atoms with Crippen molar-refractivity contribution in [3.05, 3.63) is 77.9 Å². The molecule has 0 spiro atoms. The van der Waals surface area contributed by atoms with Crippen LogP contribution in [-0.4, -0.2) is 57.7 Å². The number of aromatic nitrogens is 5. The van der Waals surface area contributed by atoms with E-state index in [2.05, 4.69) is 33.1 Å². The van der Waals surface area contributed by atoms with Crippen molar-refractivity contribution in [1.29, 1.82) is 0 Å². The molecule has 1 fully saturated rings. The zero-order valence-corrected chi connectivity index (χ0v) is 17.4. The van der Waals surface area contributed by atoms with Gasteiger partial charge in [0.05, 0.1) is 26.0 Å². The highest BCUT2D eigenvalue weighted by Gasteiger charge is 2.16. The Balaban J connectivity index is 1.49. The molecule has 0 N–H and O–H groups in total. The summed E-state index contributed by atoms with van der Waals surface area (Å²) in [6, 6.07) is 8.15. The zero-order valence-electron chi connectivity index (χ0n) is 17.4. The zero-order chi connectivity index (χ0) is 21.0. The van der Waals surface area contributed by atoms with E-state index in [0.29, 0.717) is 26.1 Å². The molecular formula is C23H24N6O2. The number of ether oxygens (including phenoxy) is 2. The first kappa shape index (κ1) is 19.4. The van der Waals surface area contributed by atoms with Crippen LogP contribution in [0.15, 0.2) is 55.2 Å². The van der Waals surface area contributed by atoms with Crippen LogP contribution in [-0.2, 0) is 17.6 Å². The van der Waals surface area contributed by atoms with Gasteiger partial charge in [-0.05, 0) is 23.8 Å². The Morgan fingerprint density at radius 1 is 1.03 bits per heavy atom. The second-order valence-electron chi connectivity index (χ2n) is 7.50. The Kier molecular flexibility index (Phi) is 5.45. The standard InChI is InChI=1S/C23H24N6O2/c1-30-20-2-4-24-16-18(20)14-21-26-19(15-23(27-21)29-8-10-31-11-9-29)12-17-3-6-28-7-5-25-22(28)13-17/h2-7,13,15-16H,8-12,14H2,1H3. The third-order valence-corrected chi connectivity index (χ3v) is 5.42. The van der Waals surface area contributed by atoms with Crippen LogP contribution >= 0.6 is 0 Å². The van der Waals surface area contributed by atoms with Crippen molar-refractivity contribution >= 4 is 11.5 Å². The molecule has 0 unspecified atom stereocenters. The number of morpholine rings is 1. The Morgan fingerprint density at radius 3 is 2.81 bits per heavy atom. The number of nitrogens with zero attached hydrogens (tertiary/aromatic N) is 6. The molecule has 158 valence electrons. The molecule has 5 rings (SSSR count). The minimum Gasteiger partial charge on any atom is -0.496 e. The van der Waals surface area contributed by atoms with Crippen molar-refractivity contribution in [1.82, 2.24) is 24.3 Å². The van der Waals surface area contributed by atoms with E-state index in [1.165, 1.54) is 0 Å². The average Bonchev–Trinajstić information content (AvgIpc) is 3.28. The topological polar surface area (TPSA) is 77.7 Å². The molecule has 4 aromatic rings. The number of rotatable bonds is 6. The van der Waals surface area contributed by atoms with E-state index in [1.54, 1.807) is 19.5 Å². The van der Waals surface area contributed by atoms with Gasteiger partial charge in [-0.25, -0.2) is 15.0 Å². The van der Waals surface area contributed by atoms with Gasteiger partial charge >= 0.3 is 0 Å². The number of methoxy groups -OCH3 is 1. The highest BCUT2D eigenvalue weighted by Crippen LogP contribution is 2.22. The summed E-state index contributed by atoms with van der Waals surface area (Å²) in [5.74, 6) is 2.49. The van der Waals surface area contributed by atoms with E-state index in [0.717, 1.165) is 52.9 Å². The first-order valence-corrected chi connectivity index (χ1v) is 10.4. The summed E-state index contributed by atoms with van der Waals surface area (Å²) in [7, 11) is 1.67. The molecule has 0 bridgehead atoms. The summed E-state index contributed by atoms with van der Waals surface area (Å²) in [5.41, 5.74) is 4.04. The minimum absolute atomic E-state index is 0.557. The fourth-order valence-electron chi connectivity index (χ4n) is 3.85. The Morgan fingerprint density at radius 2 is 1.94 bits per heavy atom. The van der Waals surface area contributed by atoms with Crippen LogP contribution in [0.2, 0.25) is 0 Å². The molecule has 4 aromatic heterocycles. The van der Waals surface area contributed by atoms with Crippen molar-refractivity contribution in [3.8, 4) is 5.75 Å². The van der Waals surface area contributed by atoms with E-state index < -0.39 is 0 Å². The lowest BCUT2D eigenvalue weighted by Crippen LogP contribution is -2.37. The molecule has 0 amide bonds. The molecule has 0 atom stereocenters. The van der Waals surface area contributed by atoms with Crippen LogP contribution in [0.5, 0.6) is 5.75 Å². The van der Waals surface area contributed by atoms with Crippen molar-refractivity contribution in [2.24, 2.45) is 0 Å². The Bertz CT molecular complexity index is 1190. The summed E-state index contributed by atoms with van der Waals surface area (Å²) in [6.07, 6.45) is 10.6. The lowest BCUT2D eigenvalue weighted by molar-refractivity contribution is 0.122. The van der Waals surface area contributed by atoms with Gasteiger partial charge in [-0.2, -0.15) is 0 Å². The van der Waals surface area contributed by atoms with E-state index in [9.17, 15) is 0 Å². The number of fused-ring (bicyclic) bond motifs is 1. The van der Waals surface area contributed by atoms with Gasteiger partial charge < -0.3 is 18.8 Å². The number of hydrogen-bond acceptors (Lipinski definition) is 7.